The molecule has 0 fully saturated rings. The fourth-order valence-corrected chi connectivity index (χ4v) is 1.25. The summed E-state index contributed by atoms with van der Waals surface area (Å²) in [5.74, 6) is -0.0411. The van der Waals surface area contributed by atoms with Gasteiger partial charge in [-0.3, -0.25) is 9.89 Å². The summed E-state index contributed by atoms with van der Waals surface area (Å²) >= 11 is 0. The molecule has 0 saturated heterocycles. The molecule has 15 heavy (non-hydrogen) atoms. The molecule has 0 saturated carbocycles. The van der Waals surface area contributed by atoms with Crippen LogP contribution in [-0.4, -0.2) is 36.0 Å². The van der Waals surface area contributed by atoms with Gasteiger partial charge >= 0.3 is 0 Å². The summed E-state index contributed by atoms with van der Waals surface area (Å²) in [7, 11) is 0. The van der Waals surface area contributed by atoms with Crippen molar-refractivity contribution in [1.82, 2.24) is 30.2 Å². The number of H-pyrrole nitrogens is 1. The van der Waals surface area contributed by atoms with Gasteiger partial charge in [-0.2, -0.15) is 5.10 Å². The van der Waals surface area contributed by atoms with Crippen LogP contribution in [0.15, 0.2) is 12.5 Å². The van der Waals surface area contributed by atoms with Crippen LogP contribution in [0.5, 0.6) is 0 Å². The molecule has 1 N–H and O–H groups in total. The van der Waals surface area contributed by atoms with Crippen molar-refractivity contribution in [3.05, 3.63) is 24.0 Å². The van der Waals surface area contributed by atoms with E-state index in [0.29, 0.717) is 12.2 Å². The molecule has 0 atom stereocenters. The van der Waals surface area contributed by atoms with E-state index in [2.05, 4.69) is 25.5 Å². The third kappa shape index (κ3) is 1.76. The molecule has 0 aliphatic heterocycles. The molecule has 0 bridgehead atoms. The molecule has 2 aromatic heterocycles. The largest absolute Gasteiger partial charge is 0.283 e. The summed E-state index contributed by atoms with van der Waals surface area (Å²) < 4.78 is 1.56. The van der Waals surface area contributed by atoms with Crippen molar-refractivity contribution in [2.45, 2.75) is 19.9 Å². The quantitative estimate of drug-likeness (QED) is 0.713. The van der Waals surface area contributed by atoms with Crippen molar-refractivity contribution in [3.8, 4) is 0 Å². The summed E-state index contributed by atoms with van der Waals surface area (Å²) in [5.41, 5.74) is 0.425. The summed E-state index contributed by atoms with van der Waals surface area (Å²) in [5, 5.41) is 13.7. The highest BCUT2D eigenvalue weighted by atomic mass is 16.1. The third-order valence-corrected chi connectivity index (χ3v) is 1.92. The summed E-state index contributed by atoms with van der Waals surface area (Å²) in [4.78, 5) is 15.6. The molecule has 2 rings (SSSR count). The first-order valence-electron chi connectivity index (χ1n) is 4.61. The van der Waals surface area contributed by atoms with E-state index < -0.39 is 0 Å². The molecule has 2 heterocycles. The normalized spacial score (nSPS) is 10.5. The Morgan fingerprint density at radius 1 is 1.60 bits per heavy atom. The number of hydrogen-bond donors (Lipinski definition) is 1. The number of aromatic nitrogens is 6. The smallest absolute Gasteiger partial charge is 0.249 e. The highest BCUT2D eigenvalue weighted by Gasteiger charge is 2.17. The maximum absolute atomic E-state index is 11.8. The van der Waals surface area contributed by atoms with Crippen LogP contribution in [0.1, 0.15) is 29.7 Å². The molecule has 78 valence electrons. The Balaban J connectivity index is 2.29. The number of nitrogens with one attached hydrogen (secondary N) is 1. The fourth-order valence-electron chi connectivity index (χ4n) is 1.25. The molecule has 7 nitrogen and oxygen atoms in total. The van der Waals surface area contributed by atoms with Gasteiger partial charge in [0.05, 0.1) is 6.20 Å². The van der Waals surface area contributed by atoms with Crippen LogP contribution in [0.3, 0.4) is 0 Å². The standard InChI is InChI=1S/C8H10N6O/c1-2-3-14-6(4-10-13-14)7(15)8-9-5-11-12-8/h4-5H,2-3H2,1H3,(H,9,11,12). The molecule has 0 radical (unpaired) electrons. The monoisotopic (exact) mass is 206 g/mol. The highest BCUT2D eigenvalue weighted by molar-refractivity contribution is 6.04. The van der Waals surface area contributed by atoms with Gasteiger partial charge in [0, 0.05) is 6.54 Å². The molecule has 2 aromatic rings. The van der Waals surface area contributed by atoms with Crippen LogP contribution in [0.2, 0.25) is 0 Å². The first-order chi connectivity index (χ1) is 7.33. The number of aryl methyl sites for hydroxylation is 1. The summed E-state index contributed by atoms with van der Waals surface area (Å²) in [6.45, 7) is 2.67. The van der Waals surface area contributed by atoms with Gasteiger partial charge in [-0.1, -0.05) is 12.1 Å². The van der Waals surface area contributed by atoms with Crippen LogP contribution in [0.4, 0.5) is 0 Å². The zero-order chi connectivity index (χ0) is 10.7. The number of ketones is 1. The maximum Gasteiger partial charge on any atom is 0.249 e. The van der Waals surface area contributed by atoms with E-state index in [1.54, 1.807) is 4.68 Å². The van der Waals surface area contributed by atoms with E-state index in [4.69, 9.17) is 0 Å². The molecule has 0 spiro atoms. The van der Waals surface area contributed by atoms with Crippen LogP contribution in [0, 0.1) is 0 Å². The van der Waals surface area contributed by atoms with Crippen molar-refractivity contribution in [1.29, 1.82) is 0 Å². The van der Waals surface area contributed by atoms with Gasteiger partial charge in [-0.25, -0.2) is 9.67 Å². The third-order valence-electron chi connectivity index (χ3n) is 1.92. The Kier molecular flexibility index (Phi) is 2.53. The average molecular weight is 206 g/mol. The second-order valence-corrected chi connectivity index (χ2v) is 3.01. The average Bonchev–Trinajstić information content (AvgIpc) is 2.87. The minimum absolute atomic E-state index is 0.203. The van der Waals surface area contributed by atoms with Gasteiger partial charge in [0.25, 0.3) is 0 Å². The highest BCUT2D eigenvalue weighted by Crippen LogP contribution is 2.03. The van der Waals surface area contributed by atoms with E-state index in [1.807, 2.05) is 6.92 Å². The van der Waals surface area contributed by atoms with Crippen LogP contribution < -0.4 is 0 Å². The van der Waals surface area contributed by atoms with Crippen molar-refractivity contribution in [2.75, 3.05) is 0 Å². The van der Waals surface area contributed by atoms with E-state index in [1.165, 1.54) is 12.5 Å². The molecule has 0 aromatic carbocycles. The second kappa shape index (κ2) is 3.99. The van der Waals surface area contributed by atoms with E-state index in [-0.39, 0.29) is 11.6 Å². The van der Waals surface area contributed by atoms with E-state index in [0.717, 1.165) is 6.42 Å². The lowest BCUT2D eigenvalue weighted by atomic mass is 10.3. The maximum atomic E-state index is 11.8. The number of carbonyl (C=O) groups is 1. The van der Waals surface area contributed by atoms with Crippen LogP contribution in [-0.2, 0) is 6.54 Å². The Morgan fingerprint density at radius 3 is 3.13 bits per heavy atom. The van der Waals surface area contributed by atoms with Crippen molar-refractivity contribution < 1.29 is 4.79 Å². The van der Waals surface area contributed by atoms with Crippen LogP contribution >= 0.6 is 0 Å². The lowest BCUT2D eigenvalue weighted by Crippen LogP contribution is -2.12. The van der Waals surface area contributed by atoms with E-state index >= 15 is 0 Å². The molecule has 0 unspecified atom stereocenters. The topological polar surface area (TPSA) is 89.3 Å². The van der Waals surface area contributed by atoms with Crippen molar-refractivity contribution in [3.63, 3.8) is 0 Å². The number of carbonyl (C=O) groups excluding carboxylic acids is 1. The zero-order valence-corrected chi connectivity index (χ0v) is 8.21. The molecular formula is C8H10N6O. The Morgan fingerprint density at radius 2 is 2.47 bits per heavy atom. The Bertz CT molecular complexity index is 445. The minimum Gasteiger partial charge on any atom is -0.283 e. The predicted molar refractivity (Wildman–Crippen MR) is 50.1 cm³/mol. The first-order valence-corrected chi connectivity index (χ1v) is 4.61. The lowest BCUT2D eigenvalue weighted by molar-refractivity contribution is 0.101. The second-order valence-electron chi connectivity index (χ2n) is 3.01. The van der Waals surface area contributed by atoms with Gasteiger partial charge in [-0.15, -0.1) is 5.10 Å². The minimum atomic E-state index is -0.244. The van der Waals surface area contributed by atoms with E-state index in [9.17, 15) is 4.79 Å². The number of aromatic amines is 1. The fraction of sp³-hybridized carbons (Fsp3) is 0.375. The lowest BCUT2D eigenvalue weighted by Gasteiger charge is -2.00. The van der Waals surface area contributed by atoms with Gasteiger partial charge < -0.3 is 0 Å². The summed E-state index contributed by atoms with van der Waals surface area (Å²) in [6, 6.07) is 0. The summed E-state index contributed by atoms with van der Waals surface area (Å²) in [6.07, 6.45) is 3.61. The van der Waals surface area contributed by atoms with Gasteiger partial charge in [0.2, 0.25) is 5.78 Å². The molecule has 7 heteroatoms. The number of nitrogens with zero attached hydrogens (tertiary/aromatic N) is 5. The predicted octanol–water partition coefficient (Wildman–Crippen LogP) is 0.0372. The number of hydrogen-bond acceptors (Lipinski definition) is 5. The van der Waals surface area contributed by atoms with Crippen molar-refractivity contribution in [2.24, 2.45) is 0 Å². The zero-order valence-electron chi connectivity index (χ0n) is 8.21. The first kappa shape index (κ1) is 9.50. The molecule has 0 aliphatic rings. The Hall–Kier alpha value is -2.05. The van der Waals surface area contributed by atoms with Gasteiger partial charge in [-0.05, 0) is 6.42 Å². The molecule has 0 aliphatic carbocycles. The van der Waals surface area contributed by atoms with Crippen molar-refractivity contribution >= 4 is 5.78 Å². The Labute approximate surface area is 85.5 Å². The number of rotatable bonds is 4. The molecular weight excluding hydrogens is 196 g/mol. The van der Waals surface area contributed by atoms with Gasteiger partial charge in [0.1, 0.15) is 12.0 Å². The molecule has 0 amide bonds. The SMILES string of the molecule is CCCn1nncc1C(=O)c1ncn[nH]1. The van der Waals surface area contributed by atoms with Crippen LogP contribution in [0.25, 0.3) is 0 Å². The van der Waals surface area contributed by atoms with Gasteiger partial charge in [0.15, 0.2) is 5.82 Å².